The van der Waals surface area contributed by atoms with Gasteiger partial charge >= 0.3 is 0 Å². The lowest BCUT2D eigenvalue weighted by Gasteiger charge is -2.21. The fourth-order valence-electron chi connectivity index (χ4n) is 2.90. The third kappa shape index (κ3) is 3.92. The Hall–Kier alpha value is -2.57. The van der Waals surface area contributed by atoms with Crippen molar-refractivity contribution in [3.05, 3.63) is 53.2 Å². The zero-order valence-electron chi connectivity index (χ0n) is 14.1. The van der Waals surface area contributed by atoms with Gasteiger partial charge in [-0.15, -0.1) is 10.2 Å². The van der Waals surface area contributed by atoms with Crippen molar-refractivity contribution in [3.8, 4) is 0 Å². The van der Waals surface area contributed by atoms with Gasteiger partial charge in [-0.05, 0) is 49.6 Å². The van der Waals surface area contributed by atoms with Crippen LogP contribution >= 0.6 is 0 Å². The van der Waals surface area contributed by atoms with E-state index >= 15 is 0 Å². The smallest absolute Gasteiger partial charge is 0.274 e. The second-order valence-electron chi connectivity index (χ2n) is 6.04. The van der Waals surface area contributed by atoms with Crippen LogP contribution in [0, 0.1) is 11.6 Å². The molecule has 1 aromatic heterocycles. The van der Waals surface area contributed by atoms with E-state index in [1.165, 1.54) is 11.0 Å². The van der Waals surface area contributed by atoms with Gasteiger partial charge in [-0.25, -0.2) is 8.78 Å². The number of rotatable bonds is 5. The van der Waals surface area contributed by atoms with Gasteiger partial charge in [-0.3, -0.25) is 4.79 Å². The summed E-state index contributed by atoms with van der Waals surface area (Å²) in [6.07, 6.45) is 2.28. The maximum absolute atomic E-state index is 13.3. The number of carbonyl (C=O) groups is 1. The van der Waals surface area contributed by atoms with E-state index in [-0.39, 0.29) is 18.1 Å². The van der Waals surface area contributed by atoms with Gasteiger partial charge in [-0.2, -0.15) is 0 Å². The van der Waals surface area contributed by atoms with Crippen LogP contribution in [0.4, 0.5) is 14.6 Å². The zero-order valence-corrected chi connectivity index (χ0v) is 14.1. The summed E-state index contributed by atoms with van der Waals surface area (Å²) in [5, 5.41) is 8.20. The highest BCUT2D eigenvalue weighted by Gasteiger charge is 2.19. The molecule has 1 aliphatic rings. The van der Waals surface area contributed by atoms with Crippen LogP contribution in [0.2, 0.25) is 0 Å². The van der Waals surface area contributed by atoms with Gasteiger partial charge in [0.15, 0.2) is 23.1 Å². The van der Waals surface area contributed by atoms with Gasteiger partial charge in [0.2, 0.25) is 0 Å². The lowest BCUT2D eigenvalue weighted by atomic mass is 10.2. The van der Waals surface area contributed by atoms with Crippen molar-refractivity contribution in [2.45, 2.75) is 26.3 Å². The minimum absolute atomic E-state index is 0.183. The lowest BCUT2D eigenvalue weighted by Crippen LogP contribution is -2.31. The van der Waals surface area contributed by atoms with Gasteiger partial charge in [0, 0.05) is 26.2 Å². The predicted molar refractivity (Wildman–Crippen MR) is 90.3 cm³/mol. The van der Waals surface area contributed by atoms with E-state index in [0.717, 1.165) is 43.9 Å². The number of halogens is 2. The molecule has 2 aromatic rings. The first-order valence-electron chi connectivity index (χ1n) is 8.40. The Morgan fingerprint density at radius 1 is 1.12 bits per heavy atom. The summed E-state index contributed by atoms with van der Waals surface area (Å²) in [7, 11) is 0. The fourth-order valence-corrected chi connectivity index (χ4v) is 2.90. The summed E-state index contributed by atoms with van der Waals surface area (Å²) >= 11 is 0. The first-order chi connectivity index (χ1) is 12.1. The third-order valence-corrected chi connectivity index (χ3v) is 4.33. The summed E-state index contributed by atoms with van der Waals surface area (Å²) in [6.45, 7) is 4.34. The molecular formula is C18H20F2N4O. The SMILES string of the molecule is CCN(Cc1ccc(F)c(F)c1)C(=O)c1ccc(N2CCCC2)nn1. The van der Waals surface area contributed by atoms with Crippen LogP contribution in [0.5, 0.6) is 0 Å². The predicted octanol–water partition coefficient (Wildman–Crippen LogP) is 3.02. The van der Waals surface area contributed by atoms with Gasteiger partial charge in [0.25, 0.3) is 5.91 Å². The molecule has 1 saturated heterocycles. The normalized spacial score (nSPS) is 14.0. The number of anilines is 1. The average Bonchev–Trinajstić information content (AvgIpc) is 3.17. The van der Waals surface area contributed by atoms with Crippen molar-refractivity contribution in [3.63, 3.8) is 0 Å². The maximum atomic E-state index is 13.3. The number of hydrogen-bond donors (Lipinski definition) is 0. The Balaban J connectivity index is 1.71. The molecule has 0 spiro atoms. The molecule has 1 fully saturated rings. The second kappa shape index (κ2) is 7.55. The molecule has 1 aliphatic heterocycles. The number of hydrogen-bond acceptors (Lipinski definition) is 4. The highest BCUT2D eigenvalue weighted by Crippen LogP contribution is 2.17. The van der Waals surface area contributed by atoms with Crippen molar-refractivity contribution in [2.75, 3.05) is 24.5 Å². The number of amides is 1. The van der Waals surface area contributed by atoms with Crippen LogP contribution < -0.4 is 4.90 Å². The molecule has 0 aliphatic carbocycles. The molecule has 1 aromatic carbocycles. The van der Waals surface area contributed by atoms with Crippen molar-refractivity contribution >= 4 is 11.7 Å². The van der Waals surface area contributed by atoms with Crippen LogP contribution in [-0.4, -0.2) is 40.6 Å². The molecule has 0 saturated carbocycles. The number of carbonyl (C=O) groups excluding carboxylic acids is 1. The molecule has 25 heavy (non-hydrogen) atoms. The molecule has 0 unspecified atom stereocenters. The number of nitrogens with zero attached hydrogens (tertiary/aromatic N) is 4. The minimum atomic E-state index is -0.921. The number of aromatic nitrogens is 2. The third-order valence-electron chi connectivity index (χ3n) is 4.33. The molecule has 3 rings (SSSR count). The van der Waals surface area contributed by atoms with E-state index in [2.05, 4.69) is 15.1 Å². The Labute approximate surface area is 145 Å². The molecule has 0 bridgehead atoms. The van der Waals surface area contributed by atoms with Crippen LogP contribution in [0.3, 0.4) is 0 Å². The van der Waals surface area contributed by atoms with Gasteiger partial charge in [0.1, 0.15) is 0 Å². The largest absolute Gasteiger partial charge is 0.355 e. The summed E-state index contributed by atoms with van der Waals surface area (Å²) < 4.78 is 26.4. The van der Waals surface area contributed by atoms with Gasteiger partial charge in [-0.1, -0.05) is 6.07 Å². The Morgan fingerprint density at radius 2 is 1.88 bits per heavy atom. The Kier molecular flexibility index (Phi) is 5.21. The molecule has 1 amide bonds. The quantitative estimate of drug-likeness (QED) is 0.835. The minimum Gasteiger partial charge on any atom is -0.355 e. The Morgan fingerprint density at radius 3 is 2.48 bits per heavy atom. The van der Waals surface area contributed by atoms with Crippen molar-refractivity contribution in [1.29, 1.82) is 0 Å². The summed E-state index contributed by atoms with van der Waals surface area (Å²) in [5.41, 5.74) is 0.767. The fraction of sp³-hybridized carbons (Fsp3) is 0.389. The van der Waals surface area contributed by atoms with Crippen molar-refractivity contribution < 1.29 is 13.6 Å². The van der Waals surface area contributed by atoms with Gasteiger partial charge < -0.3 is 9.80 Å². The molecule has 132 valence electrons. The monoisotopic (exact) mass is 346 g/mol. The standard InChI is InChI=1S/C18H20F2N4O/c1-2-23(12-13-5-6-14(19)15(20)11-13)18(25)16-7-8-17(22-21-16)24-9-3-4-10-24/h5-8,11H,2-4,9-10,12H2,1H3. The molecule has 2 heterocycles. The highest BCUT2D eigenvalue weighted by atomic mass is 19.2. The molecule has 5 nitrogen and oxygen atoms in total. The zero-order chi connectivity index (χ0) is 17.8. The van der Waals surface area contributed by atoms with E-state index in [4.69, 9.17) is 0 Å². The van der Waals surface area contributed by atoms with E-state index in [9.17, 15) is 13.6 Å². The lowest BCUT2D eigenvalue weighted by molar-refractivity contribution is 0.0745. The first kappa shape index (κ1) is 17.3. The van der Waals surface area contributed by atoms with Crippen LogP contribution in [0.25, 0.3) is 0 Å². The van der Waals surface area contributed by atoms with E-state index in [1.54, 1.807) is 12.1 Å². The molecular weight excluding hydrogens is 326 g/mol. The van der Waals surface area contributed by atoms with Crippen LogP contribution in [0.1, 0.15) is 35.8 Å². The average molecular weight is 346 g/mol. The number of benzene rings is 1. The van der Waals surface area contributed by atoms with E-state index in [0.29, 0.717) is 12.1 Å². The maximum Gasteiger partial charge on any atom is 0.274 e. The summed E-state index contributed by atoms with van der Waals surface area (Å²) in [6, 6.07) is 7.10. The van der Waals surface area contributed by atoms with Crippen molar-refractivity contribution in [1.82, 2.24) is 15.1 Å². The van der Waals surface area contributed by atoms with Crippen molar-refractivity contribution in [2.24, 2.45) is 0 Å². The Bertz CT molecular complexity index is 745. The highest BCUT2D eigenvalue weighted by molar-refractivity contribution is 5.92. The van der Waals surface area contributed by atoms with Crippen LogP contribution in [-0.2, 0) is 6.54 Å². The topological polar surface area (TPSA) is 49.3 Å². The summed E-state index contributed by atoms with van der Waals surface area (Å²) in [4.78, 5) is 16.3. The van der Waals surface area contributed by atoms with Crippen LogP contribution in [0.15, 0.2) is 30.3 Å². The molecule has 0 atom stereocenters. The first-order valence-corrected chi connectivity index (χ1v) is 8.40. The molecule has 7 heteroatoms. The molecule has 0 radical (unpaired) electrons. The molecule has 0 N–H and O–H groups in total. The second-order valence-corrected chi connectivity index (χ2v) is 6.04. The summed E-state index contributed by atoms with van der Waals surface area (Å²) in [5.74, 6) is -1.33. The van der Waals surface area contributed by atoms with E-state index < -0.39 is 11.6 Å². The van der Waals surface area contributed by atoms with E-state index in [1.807, 2.05) is 6.92 Å². The van der Waals surface area contributed by atoms with Gasteiger partial charge in [0.05, 0.1) is 0 Å².